The van der Waals surface area contributed by atoms with Crippen LogP contribution < -0.4 is 32.0 Å². The van der Waals surface area contributed by atoms with Crippen molar-refractivity contribution in [3.63, 3.8) is 0 Å². The van der Waals surface area contributed by atoms with Crippen molar-refractivity contribution in [3.8, 4) is 0 Å². The van der Waals surface area contributed by atoms with Crippen molar-refractivity contribution in [3.05, 3.63) is 190 Å². The number of aromatic nitrogens is 2. The lowest BCUT2D eigenvalue weighted by molar-refractivity contribution is -0.130. The second-order valence-corrected chi connectivity index (χ2v) is 25.9. The number of ether oxygens (including phenoxy) is 2. The van der Waals surface area contributed by atoms with Gasteiger partial charge in [-0.1, -0.05) is 181 Å². The molecule has 1 saturated heterocycles. The molecule has 0 radical (unpaired) electrons. The second kappa shape index (κ2) is 17.7. The molecule has 1 aliphatic rings. The summed E-state index contributed by atoms with van der Waals surface area (Å²) in [5, 5.41) is 2.69. The molecule has 5 atom stereocenters. The maximum atomic E-state index is 14.0. The standard InChI is InChI=1S/C49H52N2O8Si2/c1-48(2,3)60(36-24-14-8-15-25-36,37-26-16-9-17-27-37)58-43-42(40(34-52)56-46(54)35-22-12-7-13-23-35)57-45(51-33-32-41(53)50-47(51)55)44(43)59-61(49(4,5)6,38-28-18-10-19-29-38)39-30-20-11-21-31-39/h7-34,40,42-45H,1-6H3,(H,50,53,55)/t40-,42+,43+,44+,45+/m0/s1. The number of carbonyl (C=O) groups is 2. The Hall–Kier alpha value is -5.77. The van der Waals surface area contributed by atoms with Gasteiger partial charge in [-0.3, -0.25) is 19.1 Å². The lowest BCUT2D eigenvalue weighted by atomic mass is 10.1. The number of nitrogens with one attached hydrogen (secondary N) is 1. The van der Waals surface area contributed by atoms with E-state index in [0.717, 1.165) is 20.7 Å². The van der Waals surface area contributed by atoms with Crippen LogP contribution in [0.2, 0.25) is 10.1 Å². The summed E-state index contributed by atoms with van der Waals surface area (Å²) in [5.74, 6) is -0.736. The minimum atomic E-state index is -3.54. The van der Waals surface area contributed by atoms with E-state index in [-0.39, 0.29) is 5.56 Å². The van der Waals surface area contributed by atoms with E-state index in [4.69, 9.17) is 18.3 Å². The van der Waals surface area contributed by atoms with Gasteiger partial charge < -0.3 is 18.3 Å². The molecule has 7 rings (SSSR count). The summed E-state index contributed by atoms with van der Waals surface area (Å²) in [7, 11) is -7.07. The monoisotopic (exact) mass is 852 g/mol. The van der Waals surface area contributed by atoms with E-state index in [2.05, 4.69) is 95.1 Å². The highest BCUT2D eigenvalue weighted by Gasteiger charge is 2.62. The number of benzene rings is 5. The van der Waals surface area contributed by atoms with E-state index >= 15 is 0 Å². The van der Waals surface area contributed by atoms with E-state index in [0.29, 0.717) is 6.29 Å². The molecule has 5 aromatic carbocycles. The van der Waals surface area contributed by atoms with Crippen LogP contribution in [0.25, 0.3) is 0 Å². The molecule has 6 aromatic rings. The highest BCUT2D eigenvalue weighted by molar-refractivity contribution is 7.00. The lowest BCUT2D eigenvalue weighted by Crippen LogP contribution is -2.72. The molecule has 12 heteroatoms. The molecule has 1 aliphatic heterocycles. The Morgan fingerprint density at radius 1 is 0.623 bits per heavy atom. The maximum absolute atomic E-state index is 14.0. The van der Waals surface area contributed by atoms with Crippen molar-refractivity contribution >= 4 is 49.6 Å². The van der Waals surface area contributed by atoms with Gasteiger partial charge in [-0.2, -0.15) is 0 Å². The van der Waals surface area contributed by atoms with E-state index in [1.54, 1.807) is 30.3 Å². The Morgan fingerprint density at radius 2 is 1.02 bits per heavy atom. The van der Waals surface area contributed by atoms with Crippen LogP contribution in [0.5, 0.6) is 0 Å². The maximum Gasteiger partial charge on any atom is 0.338 e. The Kier molecular flexibility index (Phi) is 12.6. The molecule has 1 aromatic heterocycles. The van der Waals surface area contributed by atoms with Gasteiger partial charge in [0.05, 0.1) is 5.56 Å². The fraction of sp³-hybridized carbons (Fsp3) is 0.265. The van der Waals surface area contributed by atoms with Gasteiger partial charge in [-0.25, -0.2) is 9.59 Å². The number of nitrogens with zero attached hydrogens (tertiary/aromatic N) is 1. The molecule has 1 N–H and O–H groups in total. The Labute approximate surface area is 358 Å². The van der Waals surface area contributed by atoms with Crippen LogP contribution in [0.15, 0.2) is 174 Å². The van der Waals surface area contributed by atoms with Crippen molar-refractivity contribution in [2.75, 3.05) is 0 Å². The van der Waals surface area contributed by atoms with Crippen LogP contribution in [0, 0.1) is 0 Å². The number of hydrogen-bond acceptors (Lipinski definition) is 8. The first-order valence-corrected chi connectivity index (χ1v) is 24.3. The minimum absolute atomic E-state index is 0.241. The summed E-state index contributed by atoms with van der Waals surface area (Å²) in [4.78, 5) is 56.3. The quantitative estimate of drug-likeness (QED) is 0.0886. The average Bonchev–Trinajstić information content (AvgIpc) is 3.60. The molecule has 0 bridgehead atoms. The zero-order valence-corrected chi connectivity index (χ0v) is 37.3. The smallest absolute Gasteiger partial charge is 0.338 e. The van der Waals surface area contributed by atoms with Crippen LogP contribution in [0.4, 0.5) is 0 Å². The van der Waals surface area contributed by atoms with E-state index in [1.807, 2.05) is 72.8 Å². The molecule has 0 spiro atoms. The highest BCUT2D eigenvalue weighted by Crippen LogP contribution is 2.46. The predicted octanol–water partition coefficient (Wildman–Crippen LogP) is 5.75. The van der Waals surface area contributed by atoms with Gasteiger partial charge >= 0.3 is 11.7 Å². The van der Waals surface area contributed by atoms with Gasteiger partial charge in [0.25, 0.3) is 22.2 Å². The first-order valence-electron chi connectivity index (χ1n) is 20.5. The van der Waals surface area contributed by atoms with Gasteiger partial charge in [0.2, 0.25) is 0 Å². The predicted molar refractivity (Wildman–Crippen MR) is 242 cm³/mol. The summed E-state index contributed by atoms with van der Waals surface area (Å²) in [6.45, 7) is 12.8. The summed E-state index contributed by atoms with van der Waals surface area (Å²) in [6, 6.07) is 49.8. The van der Waals surface area contributed by atoms with E-state index in [1.165, 1.54) is 16.8 Å². The molecule has 314 valence electrons. The SMILES string of the molecule is CC(C)(C)[Si](O[C@H]1[C@@H](O[Si](c2ccccc2)(c2ccccc2)C(C)(C)C)[C@H](n2ccc(=O)[nH]c2=O)O[C@@H]1[C@H](C=O)OC(=O)c1ccccc1)(c1ccccc1)c1ccccc1. The fourth-order valence-corrected chi connectivity index (χ4v) is 18.1. The lowest BCUT2D eigenvalue weighted by Gasteiger charge is -2.49. The van der Waals surface area contributed by atoms with Gasteiger partial charge in [0.1, 0.15) is 18.3 Å². The number of H-pyrrole nitrogens is 1. The van der Waals surface area contributed by atoms with Crippen molar-refractivity contribution in [1.82, 2.24) is 9.55 Å². The third kappa shape index (κ3) is 8.34. The van der Waals surface area contributed by atoms with Crippen molar-refractivity contribution in [2.45, 2.75) is 82.3 Å². The number of aldehydes is 1. The molecular formula is C49H52N2O8Si2. The number of esters is 1. The van der Waals surface area contributed by atoms with Crippen molar-refractivity contribution < 1.29 is 27.9 Å². The molecule has 10 nitrogen and oxygen atoms in total. The van der Waals surface area contributed by atoms with Crippen LogP contribution >= 0.6 is 0 Å². The molecule has 0 amide bonds. The Bertz CT molecular complexity index is 2440. The number of rotatable bonds is 13. The first kappa shape index (κ1) is 43.3. The van der Waals surface area contributed by atoms with E-state index < -0.39 is 74.6 Å². The number of hydrogen-bond donors (Lipinski definition) is 1. The largest absolute Gasteiger partial charge is 0.448 e. The minimum Gasteiger partial charge on any atom is -0.448 e. The Balaban J connectivity index is 1.54. The van der Waals surface area contributed by atoms with Crippen molar-refractivity contribution in [1.29, 1.82) is 0 Å². The normalized spacial score (nSPS) is 18.9. The zero-order chi connectivity index (χ0) is 43.4. The first-order chi connectivity index (χ1) is 29.2. The van der Waals surface area contributed by atoms with E-state index in [9.17, 15) is 19.2 Å². The van der Waals surface area contributed by atoms with Crippen LogP contribution in [0.3, 0.4) is 0 Å². The second-order valence-electron chi connectivity index (χ2n) is 17.4. The number of carbonyl (C=O) groups excluding carboxylic acids is 2. The molecule has 1 fully saturated rings. The van der Waals surface area contributed by atoms with Gasteiger partial charge in [0, 0.05) is 12.3 Å². The van der Waals surface area contributed by atoms with Gasteiger partial charge in [-0.05, 0) is 43.0 Å². The number of aromatic amines is 1. The topological polar surface area (TPSA) is 126 Å². The molecular weight excluding hydrogens is 801 g/mol. The Morgan fingerprint density at radius 3 is 1.39 bits per heavy atom. The zero-order valence-electron chi connectivity index (χ0n) is 35.3. The third-order valence-corrected chi connectivity index (χ3v) is 21.6. The molecule has 2 heterocycles. The van der Waals surface area contributed by atoms with Gasteiger partial charge in [0.15, 0.2) is 18.6 Å². The van der Waals surface area contributed by atoms with Crippen LogP contribution in [-0.2, 0) is 23.1 Å². The molecule has 61 heavy (non-hydrogen) atoms. The highest BCUT2D eigenvalue weighted by atomic mass is 28.4. The fourth-order valence-electron chi connectivity index (χ4n) is 8.77. The van der Waals surface area contributed by atoms with Crippen LogP contribution in [0.1, 0.15) is 58.1 Å². The molecule has 0 saturated carbocycles. The van der Waals surface area contributed by atoms with Crippen molar-refractivity contribution in [2.24, 2.45) is 0 Å². The van der Waals surface area contributed by atoms with Gasteiger partial charge in [-0.15, -0.1) is 0 Å². The third-order valence-electron chi connectivity index (χ3n) is 11.5. The summed E-state index contributed by atoms with van der Waals surface area (Å²) in [6.07, 6.45) is -4.50. The summed E-state index contributed by atoms with van der Waals surface area (Å²) < 4.78 is 30.2. The average molecular weight is 853 g/mol. The van der Waals surface area contributed by atoms with Crippen LogP contribution in [-0.4, -0.2) is 62.9 Å². The summed E-state index contributed by atoms with van der Waals surface area (Å²) >= 11 is 0. The molecule has 0 aliphatic carbocycles. The summed E-state index contributed by atoms with van der Waals surface area (Å²) in [5.41, 5.74) is -1.10. The molecule has 0 unspecified atom stereocenters.